The predicted octanol–water partition coefficient (Wildman–Crippen LogP) is 23.3. The van der Waals surface area contributed by atoms with Crippen molar-refractivity contribution in [3.8, 4) is 22.3 Å². The average Bonchev–Trinajstić information content (AvgIpc) is 1.55. The average molecular weight is 1130 g/mol. The van der Waals surface area contributed by atoms with Gasteiger partial charge >= 0.3 is 0 Å². The Bertz CT molecular complexity index is 5740. The summed E-state index contributed by atoms with van der Waals surface area (Å²) in [5.41, 5.74) is 26.8. The van der Waals surface area contributed by atoms with Gasteiger partial charge in [0, 0.05) is 87.4 Å². The lowest BCUT2D eigenvalue weighted by Crippen LogP contribution is -2.13. The third-order valence-electron chi connectivity index (χ3n) is 19.3. The highest BCUT2D eigenvalue weighted by Crippen LogP contribution is 2.51. The first-order valence-corrected chi connectivity index (χ1v) is 30.4. The van der Waals surface area contributed by atoms with Crippen LogP contribution in [0.5, 0.6) is 0 Å². The lowest BCUT2D eigenvalue weighted by Gasteiger charge is -2.28. The normalized spacial score (nSPS) is 12.3. The van der Waals surface area contributed by atoms with E-state index in [0.29, 0.717) is 0 Å². The lowest BCUT2D eigenvalue weighted by atomic mass is 9.97. The van der Waals surface area contributed by atoms with E-state index in [4.69, 9.17) is 8.83 Å². The highest BCUT2D eigenvalue weighted by atomic mass is 16.3. The molecule has 0 amide bonds. The molecular formula is C82H54N4O2. The summed E-state index contributed by atoms with van der Waals surface area (Å²) in [6.45, 7) is 8.75. The Balaban J connectivity index is 0.739. The van der Waals surface area contributed by atoms with Crippen LogP contribution in [0.4, 0.5) is 34.1 Å². The number of hydrogen-bond donors (Lipinski definition) is 0. The fourth-order valence-corrected chi connectivity index (χ4v) is 15.3. The monoisotopic (exact) mass is 1130 g/mol. The van der Waals surface area contributed by atoms with Gasteiger partial charge in [0.25, 0.3) is 0 Å². The fraction of sp³-hybridized carbons (Fsp3) is 0.0488. The quantitative estimate of drug-likeness (QED) is 0.152. The summed E-state index contributed by atoms with van der Waals surface area (Å²) < 4.78 is 18.6. The van der Waals surface area contributed by atoms with Crippen LogP contribution < -0.4 is 9.80 Å². The molecule has 0 bridgehead atoms. The molecule has 0 atom stereocenters. The van der Waals surface area contributed by atoms with Gasteiger partial charge in [0.05, 0.1) is 44.5 Å². The minimum Gasteiger partial charge on any atom is -0.454 e. The van der Waals surface area contributed by atoms with Gasteiger partial charge in [0.2, 0.25) is 0 Å². The standard InChI is InChI=1S/C82H54N4O2/c1-47-17-5-9-27-67(47)83(77-49(3)33-43-61-57-19-7-11-31-73(57)87-81(61)77)53-39-35-51(36-40-53)55-21-15-29-69-75(55)63-25-13-23-59-65-46-72-66(45-71(65)85(69)79(59)63)60-24-14-26-64-76-56(22-16-30-70(76)86(72)80(60)64)52-37-41-54(42-38-52)84(68-28-10-6-18-48(68)2)78-50(4)34-44-62-58-20-8-12-32-74(58)88-82(62)78/h5-46H,1-4H3. The van der Waals surface area contributed by atoms with E-state index in [1.165, 1.54) is 110 Å². The van der Waals surface area contributed by atoms with E-state index in [1.54, 1.807) is 0 Å². The first kappa shape index (κ1) is 49.0. The summed E-state index contributed by atoms with van der Waals surface area (Å²) >= 11 is 0. The van der Waals surface area contributed by atoms with Gasteiger partial charge in [0.15, 0.2) is 11.2 Å². The molecule has 0 aliphatic rings. The van der Waals surface area contributed by atoms with Gasteiger partial charge in [-0.3, -0.25) is 0 Å². The van der Waals surface area contributed by atoms with Gasteiger partial charge in [0.1, 0.15) is 11.2 Å². The molecule has 0 saturated carbocycles. The van der Waals surface area contributed by atoms with Crippen LogP contribution in [0.25, 0.3) is 142 Å². The maximum Gasteiger partial charge on any atom is 0.159 e. The van der Waals surface area contributed by atoms with Crippen molar-refractivity contribution < 1.29 is 8.83 Å². The summed E-state index contributed by atoms with van der Waals surface area (Å²) in [6.07, 6.45) is 0. The molecule has 414 valence electrons. The van der Waals surface area contributed by atoms with E-state index in [1.807, 2.05) is 12.1 Å². The number of fused-ring (bicyclic) bond motifs is 18. The van der Waals surface area contributed by atoms with E-state index in [0.717, 1.165) is 89.1 Å². The molecule has 0 N–H and O–H groups in total. The van der Waals surface area contributed by atoms with Gasteiger partial charge in [-0.25, -0.2) is 0 Å². The SMILES string of the molecule is Cc1ccccc1N(c1ccc(-c2cccc3c2c2cccc4c5cc6c(cc5n3c42)c2cccc3c4c(-c5ccc(N(c7ccccc7C)c7c(C)ccc8c7oc7ccccc78)cc5)cccc4n6c23)cc1)c1c(C)ccc2c1oc1ccccc12. The summed E-state index contributed by atoms with van der Waals surface area (Å²) in [4.78, 5) is 4.77. The predicted molar refractivity (Wildman–Crippen MR) is 370 cm³/mol. The van der Waals surface area contributed by atoms with E-state index in [-0.39, 0.29) is 0 Å². The zero-order chi connectivity index (χ0) is 58.2. The first-order valence-electron chi connectivity index (χ1n) is 30.4. The molecule has 0 fully saturated rings. The van der Waals surface area contributed by atoms with Crippen molar-refractivity contribution in [3.63, 3.8) is 0 Å². The molecule has 0 saturated heterocycles. The molecule has 0 aliphatic heterocycles. The summed E-state index contributed by atoms with van der Waals surface area (Å²) in [5, 5.41) is 14.5. The lowest BCUT2D eigenvalue weighted by molar-refractivity contribution is 0.668. The number of anilines is 6. The number of rotatable bonds is 8. The number of para-hydroxylation sites is 6. The topological polar surface area (TPSA) is 41.6 Å². The molecule has 6 heteroatoms. The van der Waals surface area contributed by atoms with Crippen molar-refractivity contribution in [2.24, 2.45) is 0 Å². The molecule has 13 aromatic carbocycles. The minimum absolute atomic E-state index is 0.889. The smallest absolute Gasteiger partial charge is 0.159 e. The summed E-state index contributed by atoms with van der Waals surface area (Å²) in [5.74, 6) is 0. The van der Waals surface area contributed by atoms with Crippen molar-refractivity contribution in [2.75, 3.05) is 9.80 Å². The maximum absolute atomic E-state index is 6.74. The second kappa shape index (κ2) is 18.1. The minimum atomic E-state index is 0.889. The zero-order valence-electron chi connectivity index (χ0n) is 48.9. The van der Waals surface area contributed by atoms with Crippen LogP contribution in [-0.2, 0) is 0 Å². The van der Waals surface area contributed by atoms with Crippen LogP contribution in [0.1, 0.15) is 22.3 Å². The molecule has 19 rings (SSSR count). The Morgan fingerprint density at radius 1 is 0.284 bits per heavy atom. The van der Waals surface area contributed by atoms with E-state index in [9.17, 15) is 0 Å². The van der Waals surface area contributed by atoms with Gasteiger partial charge in [-0.05, 0) is 145 Å². The molecule has 6 heterocycles. The molecule has 0 radical (unpaired) electrons. The number of aromatic nitrogens is 2. The van der Waals surface area contributed by atoms with Crippen LogP contribution in [0.15, 0.2) is 264 Å². The van der Waals surface area contributed by atoms with E-state index < -0.39 is 0 Å². The number of hydrogen-bond acceptors (Lipinski definition) is 4. The highest BCUT2D eigenvalue weighted by Gasteiger charge is 2.28. The van der Waals surface area contributed by atoms with E-state index in [2.05, 4.69) is 289 Å². The number of nitrogens with zero attached hydrogens (tertiary/aromatic N) is 4. The second-order valence-electron chi connectivity index (χ2n) is 24.1. The first-order chi connectivity index (χ1) is 43.3. The van der Waals surface area contributed by atoms with Gasteiger partial charge < -0.3 is 27.4 Å². The number of furan rings is 2. The largest absolute Gasteiger partial charge is 0.454 e. The van der Waals surface area contributed by atoms with Crippen molar-refractivity contribution in [2.45, 2.75) is 27.7 Å². The van der Waals surface area contributed by atoms with Crippen molar-refractivity contribution in [3.05, 3.63) is 277 Å². The Labute approximate surface area is 505 Å². The summed E-state index contributed by atoms with van der Waals surface area (Å²) in [7, 11) is 0. The number of benzene rings is 13. The Hall–Kier alpha value is -11.3. The van der Waals surface area contributed by atoms with Crippen LogP contribution in [0.2, 0.25) is 0 Å². The van der Waals surface area contributed by atoms with Crippen molar-refractivity contribution in [1.82, 2.24) is 8.80 Å². The Morgan fingerprint density at radius 3 is 1.11 bits per heavy atom. The molecule has 0 spiro atoms. The summed E-state index contributed by atoms with van der Waals surface area (Å²) in [6, 6.07) is 93.6. The van der Waals surface area contributed by atoms with Crippen molar-refractivity contribution >= 4 is 154 Å². The highest BCUT2D eigenvalue weighted by molar-refractivity contribution is 6.31. The Morgan fingerprint density at radius 2 is 0.670 bits per heavy atom. The second-order valence-corrected chi connectivity index (χ2v) is 24.1. The molecule has 0 aliphatic carbocycles. The van der Waals surface area contributed by atoms with Crippen LogP contribution in [0.3, 0.4) is 0 Å². The molecule has 88 heavy (non-hydrogen) atoms. The van der Waals surface area contributed by atoms with Gasteiger partial charge in [-0.15, -0.1) is 0 Å². The third kappa shape index (κ3) is 6.66. The molecular weight excluding hydrogens is 1070 g/mol. The van der Waals surface area contributed by atoms with Gasteiger partial charge in [-0.2, -0.15) is 0 Å². The Kier molecular flexibility index (Phi) is 10.1. The van der Waals surface area contributed by atoms with Crippen molar-refractivity contribution in [1.29, 1.82) is 0 Å². The third-order valence-corrected chi connectivity index (χ3v) is 19.3. The van der Waals surface area contributed by atoms with Gasteiger partial charge in [-0.1, -0.05) is 182 Å². The fourth-order valence-electron chi connectivity index (χ4n) is 15.3. The van der Waals surface area contributed by atoms with Crippen LogP contribution in [0, 0.1) is 27.7 Å². The molecule has 6 aromatic heterocycles. The molecule has 0 unspecified atom stereocenters. The van der Waals surface area contributed by atoms with E-state index >= 15 is 0 Å². The zero-order valence-corrected chi connectivity index (χ0v) is 48.9. The molecule has 6 nitrogen and oxygen atoms in total. The maximum atomic E-state index is 6.74. The molecule has 19 aromatic rings. The number of aryl methyl sites for hydroxylation is 4. The van der Waals surface area contributed by atoms with Crippen LogP contribution in [-0.4, -0.2) is 8.80 Å². The van der Waals surface area contributed by atoms with Crippen LogP contribution >= 0.6 is 0 Å².